The number of carbonyl (C=O) groups excluding carboxylic acids is 4. The van der Waals surface area contributed by atoms with Crippen LogP contribution >= 0.6 is 0 Å². The standard InChI is InChI=1S/C14H20N2O7/c1-14(2,3)22-12(19)15-8-6-9(7-8)21-13(20)23-16-10(17)4-5-11(16)18/h8-9H,4-7H2,1-3H3,(H,15,19)/t8-,9+. The second kappa shape index (κ2) is 6.43. The fourth-order valence-electron chi connectivity index (χ4n) is 2.14. The third-order valence-corrected chi connectivity index (χ3v) is 3.25. The van der Waals surface area contributed by atoms with Crippen LogP contribution in [0.25, 0.3) is 0 Å². The summed E-state index contributed by atoms with van der Waals surface area (Å²) in [5.41, 5.74) is -0.581. The minimum Gasteiger partial charge on any atom is -0.444 e. The van der Waals surface area contributed by atoms with Crippen LogP contribution < -0.4 is 5.32 Å². The fourth-order valence-corrected chi connectivity index (χ4v) is 2.14. The topological polar surface area (TPSA) is 111 Å². The molecule has 0 aromatic heterocycles. The van der Waals surface area contributed by atoms with Crippen LogP contribution in [0.15, 0.2) is 0 Å². The van der Waals surface area contributed by atoms with Gasteiger partial charge in [0.2, 0.25) is 0 Å². The molecule has 1 heterocycles. The van der Waals surface area contributed by atoms with E-state index in [0.717, 1.165) is 0 Å². The zero-order valence-electron chi connectivity index (χ0n) is 13.3. The zero-order chi connectivity index (χ0) is 17.2. The van der Waals surface area contributed by atoms with Crippen molar-refractivity contribution in [1.82, 2.24) is 10.4 Å². The summed E-state index contributed by atoms with van der Waals surface area (Å²) in [4.78, 5) is 50.2. The second-order valence-corrected chi connectivity index (χ2v) is 6.48. The van der Waals surface area contributed by atoms with Crippen LogP contribution in [0.1, 0.15) is 46.5 Å². The molecule has 1 saturated carbocycles. The monoisotopic (exact) mass is 328 g/mol. The van der Waals surface area contributed by atoms with Gasteiger partial charge in [-0.1, -0.05) is 5.06 Å². The van der Waals surface area contributed by atoms with E-state index in [1.54, 1.807) is 20.8 Å². The molecular formula is C14H20N2O7. The molecule has 1 saturated heterocycles. The van der Waals surface area contributed by atoms with E-state index in [9.17, 15) is 19.2 Å². The molecule has 1 N–H and O–H groups in total. The van der Waals surface area contributed by atoms with E-state index in [-0.39, 0.29) is 18.9 Å². The van der Waals surface area contributed by atoms with Crippen LogP contribution in [0.5, 0.6) is 0 Å². The average Bonchev–Trinajstić information content (AvgIpc) is 2.65. The van der Waals surface area contributed by atoms with E-state index >= 15 is 0 Å². The van der Waals surface area contributed by atoms with Gasteiger partial charge in [0.25, 0.3) is 11.8 Å². The van der Waals surface area contributed by atoms with Crippen molar-refractivity contribution in [2.45, 2.75) is 64.2 Å². The maximum Gasteiger partial charge on any atom is 0.534 e. The Balaban J connectivity index is 1.66. The molecule has 0 atom stereocenters. The largest absolute Gasteiger partial charge is 0.534 e. The van der Waals surface area contributed by atoms with Crippen molar-refractivity contribution in [2.75, 3.05) is 0 Å². The predicted molar refractivity (Wildman–Crippen MR) is 74.8 cm³/mol. The van der Waals surface area contributed by atoms with Gasteiger partial charge in [-0.2, -0.15) is 0 Å². The number of ether oxygens (including phenoxy) is 2. The lowest BCUT2D eigenvalue weighted by molar-refractivity contribution is -0.180. The minimum absolute atomic E-state index is 0.0252. The van der Waals surface area contributed by atoms with Crippen molar-refractivity contribution in [3.63, 3.8) is 0 Å². The molecule has 9 heteroatoms. The SMILES string of the molecule is CC(C)(C)OC(=O)N[C@H]1C[C@@H](OC(=O)ON2C(=O)CCC2=O)C1. The number of hydroxylamine groups is 2. The van der Waals surface area contributed by atoms with Gasteiger partial charge in [-0.05, 0) is 20.8 Å². The van der Waals surface area contributed by atoms with Gasteiger partial charge in [-0.3, -0.25) is 14.4 Å². The molecule has 2 rings (SSSR count). The van der Waals surface area contributed by atoms with Crippen molar-refractivity contribution < 1.29 is 33.5 Å². The second-order valence-electron chi connectivity index (χ2n) is 6.48. The molecule has 0 aromatic rings. The molecule has 0 aromatic carbocycles. The highest BCUT2D eigenvalue weighted by Crippen LogP contribution is 2.25. The van der Waals surface area contributed by atoms with Crippen LogP contribution in [-0.2, 0) is 23.9 Å². The van der Waals surface area contributed by atoms with Crippen LogP contribution in [0, 0.1) is 0 Å². The molecule has 2 fully saturated rings. The van der Waals surface area contributed by atoms with Gasteiger partial charge in [-0.25, -0.2) is 9.59 Å². The molecule has 0 spiro atoms. The Bertz CT molecular complexity index is 504. The van der Waals surface area contributed by atoms with Gasteiger partial charge >= 0.3 is 12.2 Å². The molecule has 1 aliphatic carbocycles. The Hall–Kier alpha value is -2.32. The molecule has 2 aliphatic rings. The van der Waals surface area contributed by atoms with Gasteiger partial charge in [0.1, 0.15) is 11.7 Å². The van der Waals surface area contributed by atoms with E-state index in [2.05, 4.69) is 10.2 Å². The number of hydrogen-bond acceptors (Lipinski definition) is 7. The number of nitrogens with one attached hydrogen (secondary N) is 1. The van der Waals surface area contributed by atoms with Crippen LogP contribution in [0.3, 0.4) is 0 Å². The number of amides is 3. The third kappa shape index (κ3) is 4.83. The molecule has 0 bridgehead atoms. The van der Waals surface area contributed by atoms with Gasteiger partial charge in [0, 0.05) is 31.7 Å². The highest BCUT2D eigenvalue weighted by atomic mass is 16.8. The summed E-state index contributed by atoms with van der Waals surface area (Å²) in [6.07, 6.45) is -1.19. The number of imide groups is 1. The van der Waals surface area contributed by atoms with E-state index in [4.69, 9.17) is 9.47 Å². The van der Waals surface area contributed by atoms with Gasteiger partial charge in [-0.15, -0.1) is 0 Å². The van der Waals surface area contributed by atoms with E-state index in [1.807, 2.05) is 0 Å². The summed E-state index contributed by atoms with van der Waals surface area (Å²) in [7, 11) is 0. The van der Waals surface area contributed by atoms with Gasteiger partial charge in [0.15, 0.2) is 0 Å². The van der Waals surface area contributed by atoms with Crippen molar-refractivity contribution in [2.24, 2.45) is 0 Å². The van der Waals surface area contributed by atoms with Crippen LogP contribution in [0.2, 0.25) is 0 Å². The molecule has 9 nitrogen and oxygen atoms in total. The number of rotatable bonds is 3. The average molecular weight is 328 g/mol. The van der Waals surface area contributed by atoms with E-state index in [0.29, 0.717) is 17.9 Å². The molecule has 23 heavy (non-hydrogen) atoms. The van der Waals surface area contributed by atoms with Gasteiger partial charge < -0.3 is 14.8 Å². The lowest BCUT2D eigenvalue weighted by Gasteiger charge is -2.35. The first-order valence-corrected chi connectivity index (χ1v) is 7.38. The fraction of sp³-hybridized carbons (Fsp3) is 0.714. The molecular weight excluding hydrogens is 308 g/mol. The summed E-state index contributed by atoms with van der Waals surface area (Å²) in [6, 6.07) is -0.155. The van der Waals surface area contributed by atoms with Crippen LogP contribution in [-0.4, -0.2) is 46.9 Å². The Kier molecular flexibility index (Phi) is 4.76. The summed E-state index contributed by atoms with van der Waals surface area (Å²) < 4.78 is 10.1. The number of hydrogen-bond donors (Lipinski definition) is 1. The summed E-state index contributed by atoms with van der Waals surface area (Å²) >= 11 is 0. The first-order valence-electron chi connectivity index (χ1n) is 7.38. The Morgan fingerprint density at radius 2 is 1.70 bits per heavy atom. The lowest BCUT2D eigenvalue weighted by atomic mass is 9.89. The highest BCUT2D eigenvalue weighted by Gasteiger charge is 2.37. The Morgan fingerprint density at radius 3 is 2.22 bits per heavy atom. The molecule has 0 unspecified atom stereocenters. The summed E-state index contributed by atoms with van der Waals surface area (Å²) in [5.74, 6) is -1.13. The molecule has 0 radical (unpaired) electrons. The first-order chi connectivity index (χ1) is 10.6. The molecule has 3 amide bonds. The minimum atomic E-state index is -1.10. The van der Waals surface area contributed by atoms with Crippen molar-refractivity contribution in [3.05, 3.63) is 0 Å². The van der Waals surface area contributed by atoms with Crippen molar-refractivity contribution >= 4 is 24.1 Å². The van der Waals surface area contributed by atoms with Crippen molar-refractivity contribution in [3.8, 4) is 0 Å². The molecule has 128 valence electrons. The number of nitrogens with zero attached hydrogens (tertiary/aromatic N) is 1. The first kappa shape index (κ1) is 17.0. The smallest absolute Gasteiger partial charge is 0.444 e. The van der Waals surface area contributed by atoms with Crippen molar-refractivity contribution in [1.29, 1.82) is 0 Å². The summed E-state index contributed by atoms with van der Waals surface area (Å²) in [5, 5.41) is 3.08. The Labute approximate surface area is 133 Å². The quantitative estimate of drug-likeness (QED) is 0.613. The van der Waals surface area contributed by atoms with E-state index in [1.165, 1.54) is 0 Å². The molecule has 1 aliphatic heterocycles. The maximum absolute atomic E-state index is 11.5. The zero-order valence-corrected chi connectivity index (χ0v) is 13.3. The highest BCUT2D eigenvalue weighted by molar-refractivity contribution is 6.01. The number of carbonyl (C=O) groups is 4. The van der Waals surface area contributed by atoms with E-state index < -0.39 is 35.8 Å². The Morgan fingerprint density at radius 1 is 1.13 bits per heavy atom. The van der Waals surface area contributed by atoms with Crippen LogP contribution in [0.4, 0.5) is 9.59 Å². The third-order valence-electron chi connectivity index (χ3n) is 3.25. The normalized spacial score (nSPS) is 24.0. The summed E-state index contributed by atoms with van der Waals surface area (Å²) in [6.45, 7) is 5.28. The number of alkyl carbamates (subject to hydrolysis) is 1. The van der Waals surface area contributed by atoms with Gasteiger partial charge in [0.05, 0.1) is 0 Å². The predicted octanol–water partition coefficient (Wildman–Crippen LogP) is 1.26. The lowest BCUT2D eigenvalue weighted by Crippen LogP contribution is -2.50. The maximum atomic E-state index is 11.5.